The van der Waals surface area contributed by atoms with Gasteiger partial charge in [-0.25, -0.2) is 8.78 Å². The highest BCUT2D eigenvalue weighted by Crippen LogP contribution is 2.36. The summed E-state index contributed by atoms with van der Waals surface area (Å²) in [6.45, 7) is 0. The number of ether oxygens (including phenoxy) is 1. The van der Waals surface area contributed by atoms with E-state index < -0.39 is 17.7 Å². The molecule has 2 nitrogen and oxygen atoms in total. The summed E-state index contributed by atoms with van der Waals surface area (Å²) in [6, 6.07) is 3.80. The van der Waals surface area contributed by atoms with E-state index in [1.165, 1.54) is 18.4 Å². The minimum absolute atomic E-state index is 0.0752. The first-order valence-corrected chi connectivity index (χ1v) is 6.65. The summed E-state index contributed by atoms with van der Waals surface area (Å²) in [6.07, 6.45) is -1.34. The lowest BCUT2D eigenvalue weighted by Gasteiger charge is -2.13. The maximum atomic E-state index is 13.8. The van der Waals surface area contributed by atoms with E-state index in [9.17, 15) is 13.9 Å². The average Bonchev–Trinajstić information content (AvgIpc) is 2.74. The molecule has 1 heterocycles. The standard InChI is InChI=1S/C12H9BrF2O2S/c1-17-6-4-8(14)10(9(15)5-6)11(16)12-7(13)2-3-18-12/h2-5,11,16H,1H3. The molecule has 1 N–H and O–H groups in total. The van der Waals surface area contributed by atoms with Crippen molar-refractivity contribution in [3.05, 3.63) is 50.1 Å². The Morgan fingerprint density at radius 1 is 1.33 bits per heavy atom. The van der Waals surface area contributed by atoms with Gasteiger partial charge < -0.3 is 9.84 Å². The summed E-state index contributed by atoms with van der Waals surface area (Å²) in [7, 11) is 1.32. The Bertz CT molecular complexity index is 548. The Morgan fingerprint density at radius 3 is 2.39 bits per heavy atom. The molecule has 2 rings (SSSR count). The van der Waals surface area contributed by atoms with Gasteiger partial charge in [0.2, 0.25) is 0 Å². The van der Waals surface area contributed by atoms with E-state index >= 15 is 0 Å². The molecule has 1 atom stereocenters. The first-order valence-electron chi connectivity index (χ1n) is 4.98. The van der Waals surface area contributed by atoms with Gasteiger partial charge in [0.25, 0.3) is 0 Å². The van der Waals surface area contributed by atoms with E-state index in [4.69, 9.17) is 4.74 Å². The molecular weight excluding hydrogens is 326 g/mol. The third-order valence-electron chi connectivity index (χ3n) is 2.45. The summed E-state index contributed by atoms with van der Waals surface area (Å²) in [5.41, 5.74) is -0.376. The molecule has 0 saturated heterocycles. The van der Waals surface area contributed by atoms with Gasteiger partial charge in [0.05, 0.1) is 17.6 Å². The minimum atomic E-state index is -1.34. The summed E-state index contributed by atoms with van der Waals surface area (Å²) < 4.78 is 32.9. The van der Waals surface area contributed by atoms with Crippen LogP contribution in [0.1, 0.15) is 16.5 Å². The Hall–Kier alpha value is -0.980. The minimum Gasteiger partial charge on any atom is -0.497 e. The van der Waals surface area contributed by atoms with Gasteiger partial charge >= 0.3 is 0 Å². The van der Waals surface area contributed by atoms with Crippen molar-refractivity contribution in [3.8, 4) is 5.75 Å². The molecular formula is C12H9BrF2O2S. The molecule has 0 fully saturated rings. The summed E-state index contributed by atoms with van der Waals surface area (Å²) in [5, 5.41) is 11.8. The van der Waals surface area contributed by atoms with Crippen LogP contribution in [0.3, 0.4) is 0 Å². The van der Waals surface area contributed by atoms with Crippen molar-refractivity contribution in [1.82, 2.24) is 0 Å². The molecule has 96 valence electrons. The molecule has 0 aliphatic rings. The molecule has 0 bridgehead atoms. The number of thiophene rings is 1. The topological polar surface area (TPSA) is 29.5 Å². The van der Waals surface area contributed by atoms with Gasteiger partial charge in [0.1, 0.15) is 23.5 Å². The molecule has 1 aromatic carbocycles. The number of rotatable bonds is 3. The van der Waals surface area contributed by atoms with Crippen LogP contribution in [0.15, 0.2) is 28.1 Å². The molecule has 1 unspecified atom stereocenters. The predicted octanol–water partition coefficient (Wildman–Crippen LogP) is 3.88. The zero-order chi connectivity index (χ0) is 13.3. The van der Waals surface area contributed by atoms with E-state index in [1.54, 1.807) is 11.4 Å². The van der Waals surface area contributed by atoms with Crippen LogP contribution in [0, 0.1) is 11.6 Å². The van der Waals surface area contributed by atoms with Crippen LogP contribution < -0.4 is 4.74 Å². The van der Waals surface area contributed by atoms with Gasteiger partial charge in [-0.15, -0.1) is 11.3 Å². The maximum Gasteiger partial charge on any atom is 0.136 e. The quantitative estimate of drug-likeness (QED) is 0.922. The molecule has 0 saturated carbocycles. The highest BCUT2D eigenvalue weighted by Gasteiger charge is 2.23. The van der Waals surface area contributed by atoms with Crippen LogP contribution in [-0.4, -0.2) is 12.2 Å². The second-order valence-corrected chi connectivity index (χ2v) is 5.34. The largest absolute Gasteiger partial charge is 0.497 e. The van der Waals surface area contributed by atoms with Crippen molar-refractivity contribution in [2.45, 2.75) is 6.10 Å². The van der Waals surface area contributed by atoms with Crippen molar-refractivity contribution >= 4 is 27.3 Å². The smallest absolute Gasteiger partial charge is 0.136 e. The van der Waals surface area contributed by atoms with E-state index in [-0.39, 0.29) is 11.3 Å². The Labute approximate surface area is 115 Å². The molecule has 0 radical (unpaired) electrons. The lowest BCUT2D eigenvalue weighted by Crippen LogP contribution is -2.05. The van der Waals surface area contributed by atoms with Crippen LogP contribution in [0.5, 0.6) is 5.75 Å². The van der Waals surface area contributed by atoms with Crippen LogP contribution in [-0.2, 0) is 0 Å². The average molecular weight is 335 g/mol. The zero-order valence-corrected chi connectivity index (χ0v) is 11.7. The fourth-order valence-electron chi connectivity index (χ4n) is 1.57. The van der Waals surface area contributed by atoms with E-state index in [1.807, 2.05) is 0 Å². The summed E-state index contributed by atoms with van der Waals surface area (Å²) >= 11 is 4.44. The van der Waals surface area contributed by atoms with E-state index in [2.05, 4.69) is 15.9 Å². The molecule has 0 aliphatic carbocycles. The van der Waals surface area contributed by atoms with Crippen LogP contribution in [0.4, 0.5) is 8.78 Å². The van der Waals surface area contributed by atoms with Crippen LogP contribution >= 0.6 is 27.3 Å². The number of methoxy groups -OCH3 is 1. The number of aliphatic hydroxyl groups excluding tert-OH is 1. The maximum absolute atomic E-state index is 13.8. The molecule has 0 aliphatic heterocycles. The third-order valence-corrected chi connectivity index (χ3v) is 4.38. The summed E-state index contributed by atoms with van der Waals surface area (Å²) in [5.74, 6) is -1.59. The van der Waals surface area contributed by atoms with Crippen molar-refractivity contribution < 1.29 is 18.6 Å². The van der Waals surface area contributed by atoms with Crippen LogP contribution in [0.25, 0.3) is 0 Å². The Morgan fingerprint density at radius 2 is 1.94 bits per heavy atom. The lowest BCUT2D eigenvalue weighted by molar-refractivity contribution is 0.211. The number of aliphatic hydroxyl groups is 1. The monoisotopic (exact) mass is 334 g/mol. The molecule has 6 heteroatoms. The first-order chi connectivity index (χ1) is 8.54. The fraction of sp³-hybridized carbons (Fsp3) is 0.167. The number of benzene rings is 1. The first kappa shape index (κ1) is 13.5. The normalized spacial score (nSPS) is 12.5. The van der Waals surface area contributed by atoms with Gasteiger partial charge in [-0.2, -0.15) is 0 Å². The van der Waals surface area contributed by atoms with Crippen molar-refractivity contribution in [2.75, 3.05) is 7.11 Å². The van der Waals surface area contributed by atoms with Gasteiger partial charge in [-0.1, -0.05) is 0 Å². The van der Waals surface area contributed by atoms with Crippen molar-refractivity contribution in [3.63, 3.8) is 0 Å². The second-order valence-electron chi connectivity index (χ2n) is 3.54. The lowest BCUT2D eigenvalue weighted by atomic mass is 10.1. The zero-order valence-electron chi connectivity index (χ0n) is 9.28. The molecule has 2 aromatic rings. The second kappa shape index (κ2) is 5.34. The molecule has 1 aromatic heterocycles. The SMILES string of the molecule is COc1cc(F)c(C(O)c2sccc2Br)c(F)c1. The van der Waals surface area contributed by atoms with Crippen LogP contribution in [0.2, 0.25) is 0 Å². The fourth-order valence-corrected chi connectivity index (χ4v) is 3.15. The number of halogens is 3. The Kier molecular flexibility index (Phi) is 3.99. The van der Waals surface area contributed by atoms with E-state index in [0.717, 1.165) is 12.1 Å². The highest BCUT2D eigenvalue weighted by molar-refractivity contribution is 9.10. The van der Waals surface area contributed by atoms with E-state index in [0.29, 0.717) is 9.35 Å². The molecule has 0 amide bonds. The number of hydrogen-bond acceptors (Lipinski definition) is 3. The van der Waals surface area contributed by atoms with Crippen molar-refractivity contribution in [1.29, 1.82) is 0 Å². The van der Waals surface area contributed by atoms with Gasteiger partial charge in [-0.3, -0.25) is 0 Å². The van der Waals surface area contributed by atoms with Gasteiger partial charge in [0.15, 0.2) is 0 Å². The van der Waals surface area contributed by atoms with Crippen molar-refractivity contribution in [2.24, 2.45) is 0 Å². The molecule has 18 heavy (non-hydrogen) atoms. The molecule has 0 spiro atoms. The highest BCUT2D eigenvalue weighted by atomic mass is 79.9. The third kappa shape index (κ3) is 2.41. The summed E-state index contributed by atoms with van der Waals surface area (Å²) in [4.78, 5) is 0.456. The predicted molar refractivity (Wildman–Crippen MR) is 69.0 cm³/mol. The number of hydrogen-bond donors (Lipinski definition) is 1. The Balaban J connectivity index is 2.48. The van der Waals surface area contributed by atoms with Gasteiger partial charge in [0, 0.05) is 16.6 Å². The van der Waals surface area contributed by atoms with Gasteiger partial charge in [-0.05, 0) is 27.4 Å².